The van der Waals surface area contributed by atoms with Crippen LogP contribution in [-0.4, -0.2) is 33.9 Å². The summed E-state index contributed by atoms with van der Waals surface area (Å²) in [7, 11) is 4.72. The number of carbonyl (C=O) groups is 1. The first-order chi connectivity index (χ1) is 12.7. The summed E-state index contributed by atoms with van der Waals surface area (Å²) in [5, 5.41) is 0. The number of ether oxygens (including phenoxy) is 5. The molecule has 136 valence electrons. The Balaban J connectivity index is 1.78. The van der Waals surface area contributed by atoms with Gasteiger partial charge in [-0.05, 0) is 42.8 Å². The van der Waals surface area contributed by atoms with Crippen LogP contribution in [0.15, 0.2) is 42.5 Å². The Hall–Kier alpha value is -3.15. The summed E-state index contributed by atoms with van der Waals surface area (Å²) in [6, 6.07) is 8.81. The Bertz CT molecular complexity index is 823. The number of ketones is 1. The number of allylic oxidation sites excluding steroid dienone is 2. The quantitative estimate of drug-likeness (QED) is 0.559. The minimum atomic E-state index is -0.0840. The maximum absolute atomic E-state index is 12.3. The van der Waals surface area contributed by atoms with Gasteiger partial charge in [0.25, 0.3) is 0 Å². The van der Waals surface area contributed by atoms with Gasteiger partial charge >= 0.3 is 0 Å². The Morgan fingerprint density at radius 3 is 2.42 bits per heavy atom. The highest BCUT2D eigenvalue weighted by atomic mass is 16.7. The van der Waals surface area contributed by atoms with Crippen molar-refractivity contribution < 1.29 is 28.5 Å². The van der Waals surface area contributed by atoms with Crippen LogP contribution in [0.5, 0.6) is 28.7 Å². The monoisotopic (exact) mass is 356 g/mol. The van der Waals surface area contributed by atoms with Gasteiger partial charge in [-0.1, -0.05) is 6.08 Å². The first-order valence-corrected chi connectivity index (χ1v) is 8.06. The van der Waals surface area contributed by atoms with Crippen LogP contribution in [-0.2, 0) is 6.42 Å². The molecule has 0 spiro atoms. The predicted octanol–water partition coefficient (Wildman–Crippen LogP) is 3.42. The molecule has 0 saturated heterocycles. The zero-order chi connectivity index (χ0) is 18.5. The van der Waals surface area contributed by atoms with Crippen LogP contribution >= 0.6 is 0 Å². The fourth-order valence-corrected chi connectivity index (χ4v) is 2.74. The molecule has 0 aromatic heterocycles. The Labute approximate surface area is 151 Å². The molecule has 0 saturated carbocycles. The topological polar surface area (TPSA) is 63.2 Å². The van der Waals surface area contributed by atoms with Crippen LogP contribution < -0.4 is 23.7 Å². The SMILES string of the molecule is COc1ccc(C(=O)/C=C/Cc2cc(OC)c3c(c2OC)OCO3)cc1. The predicted molar refractivity (Wildman–Crippen MR) is 95.8 cm³/mol. The van der Waals surface area contributed by atoms with Crippen molar-refractivity contribution >= 4 is 5.78 Å². The van der Waals surface area contributed by atoms with Crippen molar-refractivity contribution in [2.24, 2.45) is 0 Å². The third-order valence-corrected chi connectivity index (χ3v) is 4.05. The smallest absolute Gasteiger partial charge is 0.231 e. The normalized spacial score (nSPS) is 12.3. The van der Waals surface area contributed by atoms with Crippen LogP contribution in [0.2, 0.25) is 0 Å². The molecule has 0 atom stereocenters. The van der Waals surface area contributed by atoms with Gasteiger partial charge in [0.2, 0.25) is 18.3 Å². The van der Waals surface area contributed by atoms with Crippen LogP contribution in [0, 0.1) is 0 Å². The van der Waals surface area contributed by atoms with Crippen molar-refractivity contribution in [2.75, 3.05) is 28.1 Å². The minimum absolute atomic E-state index is 0.0840. The lowest BCUT2D eigenvalue weighted by Crippen LogP contribution is -1.97. The fraction of sp³-hybridized carbons (Fsp3) is 0.250. The van der Waals surface area contributed by atoms with Gasteiger partial charge in [-0.15, -0.1) is 0 Å². The second-order valence-electron chi connectivity index (χ2n) is 5.54. The zero-order valence-corrected chi connectivity index (χ0v) is 14.9. The van der Waals surface area contributed by atoms with E-state index in [9.17, 15) is 4.79 Å². The van der Waals surface area contributed by atoms with Gasteiger partial charge in [0.15, 0.2) is 17.3 Å². The molecule has 6 nitrogen and oxygen atoms in total. The Kier molecular flexibility index (Phi) is 5.31. The number of hydrogen-bond donors (Lipinski definition) is 0. The van der Waals surface area contributed by atoms with E-state index in [4.69, 9.17) is 23.7 Å². The summed E-state index contributed by atoms with van der Waals surface area (Å²) in [5.41, 5.74) is 1.43. The Morgan fingerprint density at radius 1 is 1.04 bits per heavy atom. The van der Waals surface area contributed by atoms with E-state index < -0.39 is 0 Å². The van der Waals surface area contributed by atoms with Gasteiger partial charge in [-0.25, -0.2) is 0 Å². The second kappa shape index (κ2) is 7.82. The van der Waals surface area contributed by atoms with E-state index in [1.165, 1.54) is 6.08 Å². The molecule has 0 amide bonds. The lowest BCUT2D eigenvalue weighted by molar-refractivity contribution is 0.104. The fourth-order valence-electron chi connectivity index (χ4n) is 2.74. The summed E-state index contributed by atoms with van der Waals surface area (Å²) in [4.78, 5) is 12.3. The molecule has 1 heterocycles. The van der Waals surface area contributed by atoms with Gasteiger partial charge in [-0.3, -0.25) is 4.79 Å². The van der Waals surface area contributed by atoms with Gasteiger partial charge in [-0.2, -0.15) is 0 Å². The number of methoxy groups -OCH3 is 3. The van der Waals surface area contributed by atoms with Crippen molar-refractivity contribution in [3.63, 3.8) is 0 Å². The molecule has 1 aliphatic heterocycles. The second-order valence-corrected chi connectivity index (χ2v) is 5.54. The maximum Gasteiger partial charge on any atom is 0.231 e. The third kappa shape index (κ3) is 3.44. The van der Waals surface area contributed by atoms with E-state index in [2.05, 4.69) is 0 Å². The molecule has 3 rings (SSSR count). The first-order valence-electron chi connectivity index (χ1n) is 8.06. The van der Waals surface area contributed by atoms with Crippen molar-refractivity contribution in [1.82, 2.24) is 0 Å². The summed E-state index contributed by atoms with van der Waals surface area (Å²) in [6.07, 6.45) is 3.81. The van der Waals surface area contributed by atoms with E-state index in [0.717, 1.165) is 5.56 Å². The van der Waals surface area contributed by atoms with Crippen LogP contribution in [0.3, 0.4) is 0 Å². The third-order valence-electron chi connectivity index (χ3n) is 4.05. The van der Waals surface area contributed by atoms with Gasteiger partial charge in [0, 0.05) is 11.1 Å². The van der Waals surface area contributed by atoms with E-state index >= 15 is 0 Å². The van der Waals surface area contributed by atoms with Crippen molar-refractivity contribution in [3.8, 4) is 28.7 Å². The molecule has 1 aliphatic rings. The average Bonchev–Trinajstić information content (AvgIpc) is 3.16. The minimum Gasteiger partial charge on any atom is -0.497 e. The summed E-state index contributed by atoms with van der Waals surface area (Å²) < 4.78 is 26.8. The van der Waals surface area contributed by atoms with Crippen molar-refractivity contribution in [2.45, 2.75) is 6.42 Å². The number of carbonyl (C=O) groups excluding carboxylic acids is 1. The highest BCUT2D eigenvalue weighted by Crippen LogP contribution is 2.49. The molecule has 0 N–H and O–H groups in total. The lowest BCUT2D eigenvalue weighted by Gasteiger charge is -2.12. The van der Waals surface area contributed by atoms with Crippen LogP contribution in [0.25, 0.3) is 0 Å². The van der Waals surface area contributed by atoms with Crippen molar-refractivity contribution in [1.29, 1.82) is 0 Å². The maximum atomic E-state index is 12.3. The molecule has 0 bridgehead atoms. The summed E-state index contributed by atoms with van der Waals surface area (Å²) in [6.45, 7) is 0.122. The molecule has 0 aliphatic carbocycles. The van der Waals surface area contributed by atoms with E-state index in [-0.39, 0.29) is 12.6 Å². The Morgan fingerprint density at radius 2 is 1.77 bits per heavy atom. The number of rotatable bonds is 7. The van der Waals surface area contributed by atoms with E-state index in [1.807, 2.05) is 6.07 Å². The standard InChI is InChI=1S/C20H20O6/c1-22-15-9-7-13(8-10-15)16(21)6-4-5-14-11-17(23-2)19-20(18(14)24-3)26-12-25-19/h4,6-11H,5,12H2,1-3H3/b6-4+. The summed E-state index contributed by atoms with van der Waals surface area (Å²) >= 11 is 0. The molecule has 0 radical (unpaired) electrons. The lowest BCUT2D eigenvalue weighted by atomic mass is 10.1. The van der Waals surface area contributed by atoms with Crippen molar-refractivity contribution in [3.05, 3.63) is 53.6 Å². The molecule has 0 unspecified atom stereocenters. The molecule has 6 heteroatoms. The van der Waals surface area contributed by atoms with Gasteiger partial charge < -0.3 is 23.7 Å². The first kappa shape index (κ1) is 17.7. The van der Waals surface area contributed by atoms with Crippen LogP contribution in [0.1, 0.15) is 15.9 Å². The molecule has 2 aromatic carbocycles. The average molecular weight is 356 g/mol. The molecular formula is C20H20O6. The van der Waals surface area contributed by atoms with Gasteiger partial charge in [0.1, 0.15) is 5.75 Å². The summed E-state index contributed by atoms with van der Waals surface area (Å²) in [5.74, 6) is 2.84. The van der Waals surface area contributed by atoms with E-state index in [1.54, 1.807) is 51.7 Å². The number of hydrogen-bond acceptors (Lipinski definition) is 6. The highest BCUT2D eigenvalue weighted by molar-refractivity contribution is 6.04. The van der Waals surface area contributed by atoms with Crippen LogP contribution in [0.4, 0.5) is 0 Å². The molecule has 0 fully saturated rings. The molecule has 26 heavy (non-hydrogen) atoms. The zero-order valence-electron chi connectivity index (χ0n) is 14.9. The molecule has 2 aromatic rings. The molecular weight excluding hydrogens is 336 g/mol. The number of fused-ring (bicyclic) bond motifs is 1. The van der Waals surface area contributed by atoms with E-state index in [0.29, 0.717) is 40.7 Å². The highest BCUT2D eigenvalue weighted by Gasteiger charge is 2.26. The largest absolute Gasteiger partial charge is 0.497 e. The number of benzene rings is 2. The van der Waals surface area contributed by atoms with Gasteiger partial charge in [0.05, 0.1) is 21.3 Å².